The van der Waals surface area contributed by atoms with Gasteiger partial charge in [0.1, 0.15) is 28.4 Å². The number of halogens is 2. The van der Waals surface area contributed by atoms with Crippen molar-refractivity contribution in [2.45, 2.75) is 46.0 Å². The number of rotatable bonds is 11. The van der Waals surface area contributed by atoms with E-state index in [1.807, 2.05) is 48.5 Å². The zero-order valence-electron chi connectivity index (χ0n) is 24.9. The number of hydrogen-bond acceptors (Lipinski definition) is 4. The zero-order valence-corrected chi connectivity index (χ0v) is 25.8. The highest BCUT2D eigenvalue weighted by atomic mass is 32.1. The summed E-state index contributed by atoms with van der Waals surface area (Å²) in [4.78, 5) is 0. The van der Waals surface area contributed by atoms with Crippen molar-refractivity contribution >= 4 is 22.8 Å². The summed E-state index contributed by atoms with van der Waals surface area (Å²) < 4.78 is 45.9. The maximum absolute atomic E-state index is 15.6. The number of fused-ring (bicyclic) bond motifs is 1. The third kappa shape index (κ3) is 6.27. The molecule has 222 valence electrons. The molecule has 6 aromatic rings. The number of hydrogen-bond donors (Lipinski definition) is 0. The van der Waals surface area contributed by atoms with Crippen molar-refractivity contribution in [3.8, 4) is 50.3 Å². The minimum atomic E-state index is -0.357. The number of ether oxygens (including phenoxy) is 1. The van der Waals surface area contributed by atoms with Gasteiger partial charge in [0.25, 0.3) is 0 Å². The van der Waals surface area contributed by atoms with Gasteiger partial charge in [0.15, 0.2) is 0 Å². The van der Waals surface area contributed by atoms with Gasteiger partial charge in [-0.15, -0.1) is 0 Å². The van der Waals surface area contributed by atoms with Gasteiger partial charge in [-0.25, -0.2) is 8.78 Å². The molecule has 3 nitrogen and oxygen atoms in total. The molecule has 0 fully saturated rings. The minimum Gasteiger partial charge on any atom is -0.494 e. The van der Waals surface area contributed by atoms with Gasteiger partial charge in [-0.3, -0.25) is 0 Å². The van der Waals surface area contributed by atoms with E-state index in [0.717, 1.165) is 71.8 Å². The Hall–Kier alpha value is -4.42. The Labute approximate surface area is 261 Å². The number of nitrogens with zero attached hydrogens (tertiary/aromatic N) is 2. The van der Waals surface area contributed by atoms with Crippen molar-refractivity contribution in [2.75, 3.05) is 6.61 Å². The van der Waals surface area contributed by atoms with Gasteiger partial charge >= 0.3 is 0 Å². The molecule has 0 aliphatic heterocycles. The lowest BCUT2D eigenvalue weighted by Crippen LogP contribution is -1.96. The first kappa shape index (κ1) is 29.6. The highest BCUT2D eigenvalue weighted by Gasteiger charge is 2.18. The minimum absolute atomic E-state index is 0.336. The molecule has 0 unspecified atom stereocenters. The Balaban J connectivity index is 1.26. The Bertz CT molecular complexity index is 1880. The van der Waals surface area contributed by atoms with Gasteiger partial charge in [-0.2, -0.15) is 8.75 Å². The summed E-state index contributed by atoms with van der Waals surface area (Å²) in [6, 6.07) is 30.2. The first-order valence-electron chi connectivity index (χ1n) is 15.2. The lowest BCUT2D eigenvalue weighted by Gasteiger charge is -2.11. The van der Waals surface area contributed by atoms with E-state index in [2.05, 4.69) is 46.9 Å². The molecular formula is C38H34F2N2OS. The van der Waals surface area contributed by atoms with E-state index in [0.29, 0.717) is 39.9 Å². The molecule has 6 heteroatoms. The van der Waals surface area contributed by atoms with Crippen molar-refractivity contribution in [3.63, 3.8) is 0 Å². The summed E-state index contributed by atoms with van der Waals surface area (Å²) in [5, 5.41) is 0. The van der Waals surface area contributed by atoms with Gasteiger partial charge in [0, 0.05) is 22.3 Å². The third-order valence-corrected chi connectivity index (χ3v) is 8.52. The summed E-state index contributed by atoms with van der Waals surface area (Å²) in [7, 11) is 0. The Morgan fingerprint density at radius 3 is 1.55 bits per heavy atom. The second-order valence-electron chi connectivity index (χ2n) is 11.0. The first-order chi connectivity index (χ1) is 21.6. The number of unbranched alkanes of at least 4 members (excludes halogenated alkanes) is 2. The largest absolute Gasteiger partial charge is 0.494 e. The van der Waals surface area contributed by atoms with Crippen molar-refractivity contribution in [1.29, 1.82) is 0 Å². The number of benzene rings is 5. The molecule has 6 rings (SSSR count). The highest BCUT2D eigenvalue weighted by molar-refractivity contribution is 7.00. The SMILES string of the molecule is CCCCOc1ccc(-c2ccc(-c3ccc(-c4ccc(-c5ccc(CCCC)cc5)cc4F)c4nsnc34)c(F)c2)cc1. The van der Waals surface area contributed by atoms with Crippen LogP contribution in [0.15, 0.2) is 97.1 Å². The van der Waals surface area contributed by atoms with E-state index >= 15 is 8.78 Å². The van der Waals surface area contributed by atoms with E-state index in [9.17, 15) is 0 Å². The van der Waals surface area contributed by atoms with Crippen LogP contribution in [0.25, 0.3) is 55.5 Å². The van der Waals surface area contributed by atoms with Crippen molar-refractivity contribution in [2.24, 2.45) is 0 Å². The van der Waals surface area contributed by atoms with E-state index in [4.69, 9.17) is 4.74 Å². The Kier molecular flexibility index (Phi) is 9.08. The molecule has 1 heterocycles. The molecule has 5 aromatic carbocycles. The maximum atomic E-state index is 15.6. The topological polar surface area (TPSA) is 35.0 Å². The van der Waals surface area contributed by atoms with Crippen LogP contribution in [0, 0.1) is 11.6 Å². The molecule has 0 bridgehead atoms. The Morgan fingerprint density at radius 2 is 1.05 bits per heavy atom. The van der Waals surface area contributed by atoms with Crippen LogP contribution >= 0.6 is 11.7 Å². The molecule has 44 heavy (non-hydrogen) atoms. The smallest absolute Gasteiger partial charge is 0.131 e. The summed E-state index contributed by atoms with van der Waals surface area (Å²) in [6.45, 7) is 5.00. The molecule has 0 spiro atoms. The molecule has 0 aliphatic rings. The highest BCUT2D eigenvalue weighted by Crippen LogP contribution is 2.38. The zero-order chi connectivity index (χ0) is 30.5. The van der Waals surface area contributed by atoms with Crippen molar-refractivity contribution < 1.29 is 13.5 Å². The van der Waals surface area contributed by atoms with Gasteiger partial charge in [-0.1, -0.05) is 99.5 Å². The van der Waals surface area contributed by atoms with Crippen LogP contribution in [0.5, 0.6) is 5.75 Å². The van der Waals surface area contributed by atoms with E-state index in [1.165, 1.54) is 11.6 Å². The predicted molar refractivity (Wildman–Crippen MR) is 178 cm³/mol. The average molecular weight is 605 g/mol. The van der Waals surface area contributed by atoms with Crippen LogP contribution in [-0.4, -0.2) is 15.4 Å². The summed E-state index contributed by atoms with van der Waals surface area (Å²) in [5.41, 5.74) is 8.00. The van der Waals surface area contributed by atoms with Crippen molar-refractivity contribution in [3.05, 3.63) is 114 Å². The number of aryl methyl sites for hydroxylation is 1. The van der Waals surface area contributed by atoms with Crippen LogP contribution in [0.2, 0.25) is 0 Å². The van der Waals surface area contributed by atoms with Gasteiger partial charge in [0.2, 0.25) is 0 Å². The van der Waals surface area contributed by atoms with Gasteiger partial charge in [0.05, 0.1) is 18.3 Å². The molecule has 0 aliphatic carbocycles. The Morgan fingerprint density at radius 1 is 0.568 bits per heavy atom. The molecular weight excluding hydrogens is 570 g/mol. The molecule has 0 N–H and O–H groups in total. The van der Waals surface area contributed by atoms with Crippen molar-refractivity contribution in [1.82, 2.24) is 8.75 Å². The normalized spacial score (nSPS) is 11.3. The van der Waals surface area contributed by atoms with Crippen LogP contribution in [0.4, 0.5) is 8.78 Å². The maximum Gasteiger partial charge on any atom is 0.131 e. The fourth-order valence-electron chi connectivity index (χ4n) is 5.45. The van der Waals surface area contributed by atoms with E-state index in [1.54, 1.807) is 18.2 Å². The summed E-state index contributed by atoms with van der Waals surface area (Å²) >= 11 is 1.04. The second kappa shape index (κ2) is 13.5. The van der Waals surface area contributed by atoms with Crippen LogP contribution in [0.1, 0.15) is 45.1 Å². The van der Waals surface area contributed by atoms with E-state index in [-0.39, 0.29) is 11.6 Å². The predicted octanol–water partition coefficient (Wildman–Crippen LogP) is 11.2. The molecule has 1 aromatic heterocycles. The summed E-state index contributed by atoms with van der Waals surface area (Å²) in [5.74, 6) is 0.112. The molecule has 0 saturated carbocycles. The molecule has 0 radical (unpaired) electrons. The van der Waals surface area contributed by atoms with Crippen LogP contribution in [-0.2, 0) is 6.42 Å². The monoisotopic (exact) mass is 604 g/mol. The lowest BCUT2D eigenvalue weighted by molar-refractivity contribution is 0.309. The van der Waals surface area contributed by atoms with E-state index < -0.39 is 0 Å². The van der Waals surface area contributed by atoms with Gasteiger partial charge < -0.3 is 4.74 Å². The fraction of sp³-hybridized carbons (Fsp3) is 0.211. The lowest BCUT2D eigenvalue weighted by atomic mass is 9.94. The molecule has 0 atom stereocenters. The molecule has 0 saturated heterocycles. The molecule has 0 amide bonds. The second-order valence-corrected chi connectivity index (χ2v) is 11.6. The third-order valence-electron chi connectivity index (χ3n) is 7.99. The summed E-state index contributed by atoms with van der Waals surface area (Å²) in [6.07, 6.45) is 5.45. The first-order valence-corrected chi connectivity index (χ1v) is 16.0. The fourth-order valence-corrected chi connectivity index (χ4v) is 6.02. The average Bonchev–Trinajstić information content (AvgIpc) is 3.55. The standard InChI is InChI=1S/C38H34F2N2OS/c1-3-5-7-25-8-10-26(11-9-25)28-14-18-31(35(39)23-28)33-20-21-34(38-37(33)41-44-42-38)32-19-15-29(24-36(32)40)27-12-16-30(17-13-27)43-22-6-4-2/h8-21,23-24H,3-7,22H2,1-2H3. The number of aromatic nitrogens is 2. The van der Waals surface area contributed by atoms with Crippen LogP contribution in [0.3, 0.4) is 0 Å². The quantitative estimate of drug-likeness (QED) is 0.138. The van der Waals surface area contributed by atoms with Gasteiger partial charge in [-0.05, 0) is 71.3 Å². The van der Waals surface area contributed by atoms with Crippen LogP contribution < -0.4 is 4.74 Å².